The number of ketones is 1. The van der Waals surface area contributed by atoms with Crippen LogP contribution in [0.15, 0.2) is 12.1 Å². The monoisotopic (exact) mass is 207 g/mol. The highest BCUT2D eigenvalue weighted by molar-refractivity contribution is 5.83. The molecule has 0 saturated heterocycles. The van der Waals surface area contributed by atoms with E-state index < -0.39 is 6.04 Å². The van der Waals surface area contributed by atoms with Gasteiger partial charge in [0.05, 0.1) is 13.2 Å². The van der Waals surface area contributed by atoms with Crippen molar-refractivity contribution in [2.75, 3.05) is 7.11 Å². The maximum atomic E-state index is 11.2. The van der Waals surface area contributed by atoms with Gasteiger partial charge in [0.2, 0.25) is 0 Å². The van der Waals surface area contributed by atoms with Crippen LogP contribution in [0.4, 0.5) is 0 Å². The van der Waals surface area contributed by atoms with Crippen molar-refractivity contribution in [2.45, 2.75) is 26.8 Å². The Hall–Kier alpha value is -1.35. The lowest BCUT2D eigenvalue weighted by Crippen LogP contribution is -2.19. The van der Waals surface area contributed by atoms with Gasteiger partial charge < -0.3 is 10.5 Å². The minimum atomic E-state index is -0.598. The molecule has 1 aromatic carbocycles. The third-order valence-corrected chi connectivity index (χ3v) is 2.62. The third-order valence-electron chi connectivity index (χ3n) is 2.62. The minimum Gasteiger partial charge on any atom is -0.496 e. The highest BCUT2D eigenvalue weighted by Gasteiger charge is 2.16. The summed E-state index contributed by atoms with van der Waals surface area (Å²) in [5.74, 6) is 0.623. The van der Waals surface area contributed by atoms with Gasteiger partial charge in [0.1, 0.15) is 5.75 Å². The molecule has 1 unspecified atom stereocenters. The van der Waals surface area contributed by atoms with Crippen LogP contribution in [0, 0.1) is 13.8 Å². The summed E-state index contributed by atoms with van der Waals surface area (Å²) in [7, 11) is 1.58. The van der Waals surface area contributed by atoms with Gasteiger partial charge in [-0.1, -0.05) is 6.07 Å². The number of rotatable bonds is 3. The average Bonchev–Trinajstić information content (AvgIpc) is 2.20. The molecule has 0 aliphatic carbocycles. The summed E-state index contributed by atoms with van der Waals surface area (Å²) in [6.45, 7) is 5.48. The maximum Gasteiger partial charge on any atom is 0.151 e. The van der Waals surface area contributed by atoms with Crippen LogP contribution >= 0.6 is 0 Å². The van der Waals surface area contributed by atoms with E-state index in [9.17, 15) is 4.79 Å². The Bertz CT molecular complexity index is 385. The molecular weight excluding hydrogens is 190 g/mol. The second-order valence-electron chi connectivity index (χ2n) is 3.77. The zero-order valence-electron chi connectivity index (χ0n) is 9.63. The van der Waals surface area contributed by atoms with Gasteiger partial charge in [-0.25, -0.2) is 0 Å². The molecule has 1 atom stereocenters. The normalized spacial score (nSPS) is 12.3. The van der Waals surface area contributed by atoms with E-state index in [-0.39, 0.29) is 5.78 Å². The van der Waals surface area contributed by atoms with Gasteiger partial charge in [-0.2, -0.15) is 0 Å². The number of carbonyl (C=O) groups is 1. The summed E-state index contributed by atoms with van der Waals surface area (Å²) in [5, 5.41) is 0. The highest BCUT2D eigenvalue weighted by Crippen LogP contribution is 2.27. The number of hydrogen-bond acceptors (Lipinski definition) is 3. The Morgan fingerprint density at radius 2 is 1.87 bits per heavy atom. The summed E-state index contributed by atoms with van der Waals surface area (Å²) in [6.07, 6.45) is 0. The van der Waals surface area contributed by atoms with Gasteiger partial charge in [-0.15, -0.1) is 0 Å². The molecule has 0 fully saturated rings. The van der Waals surface area contributed by atoms with Crippen LogP contribution in [0.3, 0.4) is 0 Å². The Morgan fingerprint density at radius 3 is 2.33 bits per heavy atom. The minimum absolute atomic E-state index is 0.0587. The van der Waals surface area contributed by atoms with E-state index in [1.807, 2.05) is 26.0 Å². The van der Waals surface area contributed by atoms with Crippen molar-refractivity contribution in [2.24, 2.45) is 5.73 Å². The second-order valence-corrected chi connectivity index (χ2v) is 3.77. The largest absolute Gasteiger partial charge is 0.496 e. The predicted molar refractivity (Wildman–Crippen MR) is 60.1 cm³/mol. The van der Waals surface area contributed by atoms with Gasteiger partial charge in [-0.3, -0.25) is 4.79 Å². The van der Waals surface area contributed by atoms with Crippen molar-refractivity contribution in [1.29, 1.82) is 0 Å². The van der Waals surface area contributed by atoms with Crippen LogP contribution in [-0.2, 0) is 4.79 Å². The number of Topliss-reactive ketones (excluding diaryl/α,β-unsaturated/α-hetero) is 1. The van der Waals surface area contributed by atoms with E-state index in [0.29, 0.717) is 5.75 Å². The van der Waals surface area contributed by atoms with Gasteiger partial charge in [0.25, 0.3) is 0 Å². The van der Waals surface area contributed by atoms with Crippen LogP contribution in [0.5, 0.6) is 5.75 Å². The third kappa shape index (κ3) is 2.36. The molecule has 1 aromatic rings. The summed E-state index contributed by atoms with van der Waals surface area (Å²) < 4.78 is 5.22. The first kappa shape index (κ1) is 11.7. The van der Waals surface area contributed by atoms with E-state index >= 15 is 0 Å². The molecular formula is C12H17NO2. The number of ether oxygens (including phenoxy) is 1. The van der Waals surface area contributed by atoms with E-state index in [0.717, 1.165) is 16.7 Å². The second kappa shape index (κ2) is 4.45. The first-order valence-corrected chi connectivity index (χ1v) is 4.88. The molecule has 15 heavy (non-hydrogen) atoms. The van der Waals surface area contributed by atoms with E-state index in [1.54, 1.807) is 7.11 Å². The average molecular weight is 207 g/mol. The molecule has 2 N–H and O–H groups in total. The lowest BCUT2D eigenvalue weighted by molar-refractivity contribution is -0.118. The summed E-state index contributed by atoms with van der Waals surface area (Å²) in [5.41, 5.74) is 8.81. The van der Waals surface area contributed by atoms with Crippen molar-refractivity contribution in [3.8, 4) is 5.75 Å². The lowest BCUT2D eigenvalue weighted by Gasteiger charge is -2.15. The number of aryl methyl sites for hydroxylation is 2. The summed E-state index contributed by atoms with van der Waals surface area (Å²) in [4.78, 5) is 11.2. The number of nitrogens with two attached hydrogens (primary N) is 1. The van der Waals surface area contributed by atoms with Gasteiger partial charge in [0.15, 0.2) is 5.78 Å². The van der Waals surface area contributed by atoms with Crippen LogP contribution in [0.25, 0.3) is 0 Å². The molecule has 82 valence electrons. The fraction of sp³-hybridized carbons (Fsp3) is 0.417. The van der Waals surface area contributed by atoms with Crippen molar-refractivity contribution in [3.63, 3.8) is 0 Å². The summed E-state index contributed by atoms with van der Waals surface area (Å²) >= 11 is 0. The molecule has 1 rings (SSSR count). The van der Waals surface area contributed by atoms with Gasteiger partial charge >= 0.3 is 0 Å². The number of hydrogen-bond donors (Lipinski definition) is 1. The first-order valence-electron chi connectivity index (χ1n) is 4.88. The molecule has 0 heterocycles. The first-order chi connectivity index (χ1) is 6.97. The Kier molecular flexibility index (Phi) is 3.48. The van der Waals surface area contributed by atoms with Crippen LogP contribution < -0.4 is 10.5 Å². The molecule has 0 radical (unpaired) electrons. The van der Waals surface area contributed by atoms with Crippen molar-refractivity contribution in [3.05, 3.63) is 28.8 Å². The quantitative estimate of drug-likeness (QED) is 0.823. The van der Waals surface area contributed by atoms with E-state index in [4.69, 9.17) is 10.5 Å². The Balaban J connectivity index is 3.27. The van der Waals surface area contributed by atoms with E-state index in [1.165, 1.54) is 6.92 Å². The molecule has 0 aromatic heterocycles. The lowest BCUT2D eigenvalue weighted by atomic mass is 9.98. The standard InChI is InChI=1S/C12H17NO2/c1-7-5-10(12(13)9(3)14)11(15-4)6-8(7)2/h5-6,12H,13H2,1-4H3. The van der Waals surface area contributed by atoms with Crippen molar-refractivity contribution < 1.29 is 9.53 Å². The van der Waals surface area contributed by atoms with Crippen LogP contribution in [-0.4, -0.2) is 12.9 Å². The zero-order valence-corrected chi connectivity index (χ0v) is 9.63. The van der Waals surface area contributed by atoms with Gasteiger partial charge in [-0.05, 0) is 38.0 Å². The zero-order chi connectivity index (χ0) is 11.6. The SMILES string of the molecule is COc1cc(C)c(C)cc1C(N)C(C)=O. The molecule has 0 aliphatic rings. The Labute approximate surface area is 90.2 Å². The van der Waals surface area contributed by atoms with Gasteiger partial charge in [0, 0.05) is 5.56 Å². The predicted octanol–water partition coefficient (Wildman–Crippen LogP) is 1.90. The molecule has 0 amide bonds. The number of carbonyl (C=O) groups excluding carboxylic acids is 1. The van der Waals surface area contributed by atoms with Crippen molar-refractivity contribution >= 4 is 5.78 Å². The van der Waals surface area contributed by atoms with Crippen molar-refractivity contribution in [1.82, 2.24) is 0 Å². The fourth-order valence-electron chi connectivity index (χ4n) is 1.45. The number of methoxy groups -OCH3 is 1. The van der Waals surface area contributed by atoms with Crippen LogP contribution in [0.2, 0.25) is 0 Å². The topological polar surface area (TPSA) is 52.3 Å². The molecule has 3 nitrogen and oxygen atoms in total. The molecule has 0 saturated carbocycles. The molecule has 0 aliphatic heterocycles. The Morgan fingerprint density at radius 1 is 1.33 bits per heavy atom. The van der Waals surface area contributed by atoms with E-state index in [2.05, 4.69) is 0 Å². The van der Waals surface area contributed by atoms with Crippen LogP contribution in [0.1, 0.15) is 29.7 Å². The number of benzene rings is 1. The summed E-state index contributed by atoms with van der Waals surface area (Å²) in [6, 6.07) is 3.23. The molecule has 0 bridgehead atoms. The smallest absolute Gasteiger partial charge is 0.151 e. The fourth-order valence-corrected chi connectivity index (χ4v) is 1.45. The highest BCUT2D eigenvalue weighted by atomic mass is 16.5. The molecule has 0 spiro atoms. The maximum absolute atomic E-state index is 11.2. The molecule has 3 heteroatoms.